The second-order valence-electron chi connectivity index (χ2n) is 1.84. The van der Waals surface area contributed by atoms with Crippen LogP contribution in [0.2, 0.25) is 0 Å². The van der Waals surface area contributed by atoms with Gasteiger partial charge in [-0.05, 0) is 6.08 Å². The van der Waals surface area contributed by atoms with Gasteiger partial charge in [-0.15, -0.1) is 0 Å². The molecule has 0 spiro atoms. The van der Waals surface area contributed by atoms with Crippen LogP contribution in [0.15, 0.2) is 17.3 Å². The molecule has 0 aromatic carbocycles. The van der Waals surface area contributed by atoms with E-state index in [1.54, 1.807) is 19.6 Å². The Morgan fingerprint density at radius 3 is 3.22 bits per heavy atom. The van der Waals surface area contributed by atoms with Gasteiger partial charge in [0, 0.05) is 19.9 Å². The van der Waals surface area contributed by atoms with Gasteiger partial charge in [-0.2, -0.15) is 0 Å². The lowest BCUT2D eigenvalue weighted by molar-refractivity contribution is 0.119. The summed E-state index contributed by atoms with van der Waals surface area (Å²) in [7, 11) is 1.67. The van der Waals surface area contributed by atoms with Crippen molar-refractivity contribution in [3.05, 3.63) is 12.3 Å². The summed E-state index contributed by atoms with van der Waals surface area (Å²) in [6.07, 6.45) is 5.54. The first-order chi connectivity index (χ1) is 4.43. The monoisotopic (exact) mass is 126 g/mol. The molecule has 1 rings (SSSR count). The van der Waals surface area contributed by atoms with Crippen molar-refractivity contribution in [2.24, 2.45) is 4.99 Å². The molecule has 3 nitrogen and oxygen atoms in total. The highest BCUT2D eigenvalue weighted by Gasteiger charge is 1.96. The van der Waals surface area contributed by atoms with E-state index in [1.807, 2.05) is 11.0 Å². The molecule has 0 atom stereocenters. The van der Waals surface area contributed by atoms with E-state index >= 15 is 0 Å². The van der Waals surface area contributed by atoms with Gasteiger partial charge in [0.05, 0.1) is 6.34 Å². The van der Waals surface area contributed by atoms with E-state index in [9.17, 15) is 0 Å². The zero-order valence-electron chi connectivity index (χ0n) is 5.45. The van der Waals surface area contributed by atoms with Crippen molar-refractivity contribution in [3.63, 3.8) is 0 Å². The summed E-state index contributed by atoms with van der Waals surface area (Å²) in [5, 5.41) is 0. The summed E-state index contributed by atoms with van der Waals surface area (Å²) in [4.78, 5) is 5.89. The Hall–Kier alpha value is -0.830. The molecule has 0 amide bonds. The predicted octanol–water partition coefficient (Wildman–Crippen LogP) is 0.448. The maximum Gasteiger partial charge on any atom is 0.119 e. The number of rotatable bonds is 2. The third-order valence-electron chi connectivity index (χ3n) is 1.06. The normalized spacial score (nSPS) is 16.8. The fraction of sp³-hybridized carbons (Fsp3) is 0.500. The SMILES string of the molecule is COCN1C=NC=CC1. The van der Waals surface area contributed by atoms with Crippen molar-refractivity contribution >= 4 is 6.34 Å². The van der Waals surface area contributed by atoms with Crippen LogP contribution in [0.25, 0.3) is 0 Å². The number of aliphatic imine (C=N–C) groups is 1. The Morgan fingerprint density at radius 2 is 2.67 bits per heavy atom. The van der Waals surface area contributed by atoms with Crippen molar-refractivity contribution in [1.82, 2.24) is 4.90 Å². The Labute approximate surface area is 54.6 Å². The van der Waals surface area contributed by atoms with Gasteiger partial charge in [-0.3, -0.25) is 0 Å². The van der Waals surface area contributed by atoms with Crippen LogP contribution in [0.1, 0.15) is 0 Å². The van der Waals surface area contributed by atoms with Crippen LogP contribution in [-0.2, 0) is 4.74 Å². The summed E-state index contributed by atoms with van der Waals surface area (Å²) < 4.78 is 4.88. The molecule has 3 heteroatoms. The van der Waals surface area contributed by atoms with E-state index in [4.69, 9.17) is 4.74 Å². The fourth-order valence-corrected chi connectivity index (χ4v) is 0.675. The number of methoxy groups -OCH3 is 1. The van der Waals surface area contributed by atoms with Gasteiger partial charge in [0.2, 0.25) is 0 Å². The molecule has 0 saturated heterocycles. The number of hydrogen-bond acceptors (Lipinski definition) is 3. The van der Waals surface area contributed by atoms with E-state index < -0.39 is 0 Å². The van der Waals surface area contributed by atoms with Crippen molar-refractivity contribution in [3.8, 4) is 0 Å². The highest BCUT2D eigenvalue weighted by molar-refractivity contribution is 5.57. The van der Waals surface area contributed by atoms with E-state index in [2.05, 4.69) is 4.99 Å². The molecule has 0 N–H and O–H groups in total. The number of hydrogen-bond donors (Lipinski definition) is 0. The van der Waals surface area contributed by atoms with Gasteiger partial charge in [-0.25, -0.2) is 4.99 Å². The third-order valence-corrected chi connectivity index (χ3v) is 1.06. The first-order valence-corrected chi connectivity index (χ1v) is 2.85. The van der Waals surface area contributed by atoms with E-state index in [0.29, 0.717) is 6.73 Å². The molecule has 0 radical (unpaired) electrons. The van der Waals surface area contributed by atoms with E-state index in [-0.39, 0.29) is 0 Å². The molecule has 1 heterocycles. The van der Waals surface area contributed by atoms with Gasteiger partial charge >= 0.3 is 0 Å². The molecule has 0 bridgehead atoms. The average Bonchev–Trinajstić information content (AvgIpc) is 1.91. The van der Waals surface area contributed by atoms with Crippen LogP contribution in [0.3, 0.4) is 0 Å². The minimum atomic E-state index is 0.619. The summed E-state index contributed by atoms with van der Waals surface area (Å²) in [6.45, 7) is 1.52. The topological polar surface area (TPSA) is 24.8 Å². The molecule has 0 aromatic rings. The molecule has 50 valence electrons. The highest BCUT2D eigenvalue weighted by atomic mass is 16.5. The number of ether oxygens (including phenoxy) is 1. The quantitative estimate of drug-likeness (QED) is 0.536. The highest BCUT2D eigenvalue weighted by Crippen LogP contribution is 1.91. The first-order valence-electron chi connectivity index (χ1n) is 2.85. The third kappa shape index (κ3) is 1.85. The second kappa shape index (κ2) is 3.25. The Kier molecular flexibility index (Phi) is 2.27. The molecule has 1 aliphatic heterocycles. The molecule has 9 heavy (non-hydrogen) atoms. The largest absolute Gasteiger partial charge is 0.364 e. The standard InChI is InChI=1S/C6H10N2O/c1-9-6-8-4-2-3-7-5-8/h2-3,5H,4,6H2,1H3. The van der Waals surface area contributed by atoms with Crippen molar-refractivity contribution in [1.29, 1.82) is 0 Å². The van der Waals surface area contributed by atoms with E-state index in [1.165, 1.54) is 0 Å². The Bertz CT molecular complexity index is 131. The fourth-order valence-electron chi connectivity index (χ4n) is 0.675. The molecule has 0 fully saturated rings. The first kappa shape index (κ1) is 6.29. The summed E-state index contributed by atoms with van der Waals surface area (Å²) in [5.41, 5.74) is 0. The molecule has 0 aromatic heterocycles. The van der Waals surface area contributed by atoms with Crippen LogP contribution in [0.5, 0.6) is 0 Å². The molecule has 0 saturated carbocycles. The maximum atomic E-state index is 4.88. The lowest BCUT2D eigenvalue weighted by atomic mass is 10.5. The van der Waals surface area contributed by atoms with E-state index in [0.717, 1.165) is 6.54 Å². The molecular weight excluding hydrogens is 116 g/mol. The van der Waals surface area contributed by atoms with Crippen molar-refractivity contribution < 1.29 is 4.74 Å². The zero-order chi connectivity index (χ0) is 6.53. The predicted molar refractivity (Wildman–Crippen MR) is 36.2 cm³/mol. The van der Waals surface area contributed by atoms with Crippen LogP contribution in [-0.4, -0.2) is 31.6 Å². The Balaban J connectivity index is 2.28. The van der Waals surface area contributed by atoms with Crippen molar-refractivity contribution in [2.45, 2.75) is 0 Å². The lowest BCUT2D eigenvalue weighted by Gasteiger charge is -2.17. The average molecular weight is 126 g/mol. The minimum absolute atomic E-state index is 0.619. The van der Waals surface area contributed by atoms with Crippen LogP contribution >= 0.6 is 0 Å². The molecular formula is C6H10N2O. The van der Waals surface area contributed by atoms with Crippen LogP contribution in [0, 0.1) is 0 Å². The second-order valence-corrected chi connectivity index (χ2v) is 1.84. The van der Waals surface area contributed by atoms with Crippen molar-refractivity contribution in [2.75, 3.05) is 20.4 Å². The van der Waals surface area contributed by atoms with Gasteiger partial charge in [-0.1, -0.05) is 0 Å². The van der Waals surface area contributed by atoms with Gasteiger partial charge < -0.3 is 9.64 Å². The van der Waals surface area contributed by atoms with Gasteiger partial charge in [0.1, 0.15) is 6.73 Å². The zero-order valence-corrected chi connectivity index (χ0v) is 5.45. The summed E-state index contributed by atoms with van der Waals surface area (Å²) >= 11 is 0. The summed E-state index contributed by atoms with van der Waals surface area (Å²) in [6, 6.07) is 0. The van der Waals surface area contributed by atoms with Crippen LogP contribution in [0.4, 0.5) is 0 Å². The maximum absolute atomic E-state index is 4.88. The molecule has 0 unspecified atom stereocenters. The molecule has 0 aliphatic carbocycles. The van der Waals surface area contributed by atoms with Crippen LogP contribution < -0.4 is 0 Å². The smallest absolute Gasteiger partial charge is 0.119 e. The summed E-state index contributed by atoms with van der Waals surface area (Å²) in [5.74, 6) is 0. The number of nitrogens with zero attached hydrogens (tertiary/aromatic N) is 2. The minimum Gasteiger partial charge on any atom is -0.364 e. The van der Waals surface area contributed by atoms with Gasteiger partial charge in [0.15, 0.2) is 0 Å². The molecule has 1 aliphatic rings. The lowest BCUT2D eigenvalue weighted by Crippen LogP contribution is -2.25. The van der Waals surface area contributed by atoms with Gasteiger partial charge in [0.25, 0.3) is 0 Å². The Morgan fingerprint density at radius 1 is 1.78 bits per heavy atom.